The summed E-state index contributed by atoms with van der Waals surface area (Å²) < 4.78 is 11.2. The third-order valence-electron chi connectivity index (χ3n) is 2.79. The minimum Gasteiger partial charge on any atom is -0.490 e. The summed E-state index contributed by atoms with van der Waals surface area (Å²) in [6.07, 6.45) is 5.25. The quantitative estimate of drug-likeness (QED) is 0.670. The molecular weight excluding hydrogens is 244 g/mol. The number of rotatable bonds is 3. The van der Waals surface area contributed by atoms with Gasteiger partial charge in [-0.15, -0.1) is 0 Å². The lowest BCUT2D eigenvalue weighted by molar-refractivity contribution is -0.131. The van der Waals surface area contributed by atoms with Crippen LogP contribution in [0.25, 0.3) is 5.57 Å². The molecule has 0 saturated heterocycles. The number of ether oxygens (including phenoxy) is 2. The number of hydrogen-bond acceptors (Lipinski definition) is 3. The van der Waals surface area contributed by atoms with E-state index in [0.29, 0.717) is 13.2 Å². The minimum atomic E-state index is -0.956. The van der Waals surface area contributed by atoms with Crippen LogP contribution in [0.3, 0.4) is 0 Å². The van der Waals surface area contributed by atoms with Gasteiger partial charge in [-0.2, -0.15) is 0 Å². The first-order chi connectivity index (χ1) is 9.16. The molecule has 19 heavy (non-hydrogen) atoms. The van der Waals surface area contributed by atoms with Crippen molar-refractivity contribution in [3.05, 3.63) is 42.0 Å². The SMILES string of the molecule is C/C(=C\C=C\C(=O)O)c1ccc2c(c1)OCCCO2. The Bertz CT molecular complexity index is 529. The van der Waals surface area contributed by atoms with E-state index in [0.717, 1.165) is 35.1 Å². The van der Waals surface area contributed by atoms with Gasteiger partial charge in [-0.3, -0.25) is 0 Å². The molecule has 4 heteroatoms. The predicted molar refractivity (Wildman–Crippen MR) is 72.5 cm³/mol. The lowest BCUT2D eigenvalue weighted by Crippen LogP contribution is -1.97. The Labute approximate surface area is 112 Å². The maximum Gasteiger partial charge on any atom is 0.328 e. The zero-order valence-corrected chi connectivity index (χ0v) is 10.8. The van der Waals surface area contributed by atoms with Crippen LogP contribution in [0, 0.1) is 0 Å². The summed E-state index contributed by atoms with van der Waals surface area (Å²) in [5, 5.41) is 8.53. The minimum absolute atomic E-state index is 0.651. The predicted octanol–water partition coefficient (Wildman–Crippen LogP) is 2.89. The van der Waals surface area contributed by atoms with Crippen molar-refractivity contribution in [3.63, 3.8) is 0 Å². The van der Waals surface area contributed by atoms with E-state index in [2.05, 4.69) is 0 Å². The summed E-state index contributed by atoms with van der Waals surface area (Å²) in [5.74, 6) is 0.544. The molecule has 0 atom stereocenters. The third kappa shape index (κ3) is 3.61. The molecule has 4 nitrogen and oxygen atoms in total. The highest BCUT2D eigenvalue weighted by Gasteiger charge is 2.10. The van der Waals surface area contributed by atoms with E-state index in [1.54, 1.807) is 6.08 Å². The largest absolute Gasteiger partial charge is 0.490 e. The number of hydrogen-bond donors (Lipinski definition) is 1. The van der Waals surface area contributed by atoms with Crippen LogP contribution < -0.4 is 9.47 Å². The molecule has 1 aromatic carbocycles. The van der Waals surface area contributed by atoms with Gasteiger partial charge in [0.25, 0.3) is 0 Å². The molecule has 1 aromatic rings. The van der Waals surface area contributed by atoms with Crippen LogP contribution in [0.2, 0.25) is 0 Å². The Morgan fingerprint density at radius 3 is 2.74 bits per heavy atom. The molecule has 1 N–H and O–H groups in total. The first-order valence-electron chi connectivity index (χ1n) is 6.15. The van der Waals surface area contributed by atoms with Crippen molar-refractivity contribution in [2.24, 2.45) is 0 Å². The number of carboxylic acid groups (broad SMARTS) is 1. The average Bonchev–Trinajstić information content (AvgIpc) is 2.62. The van der Waals surface area contributed by atoms with Crippen molar-refractivity contribution in [2.45, 2.75) is 13.3 Å². The summed E-state index contributed by atoms with van der Waals surface area (Å²) in [6.45, 7) is 3.24. The van der Waals surface area contributed by atoms with Crippen molar-refractivity contribution in [3.8, 4) is 11.5 Å². The molecule has 1 aliphatic heterocycles. The fourth-order valence-corrected chi connectivity index (χ4v) is 1.78. The summed E-state index contributed by atoms with van der Waals surface area (Å²) in [4.78, 5) is 10.4. The molecule has 0 amide bonds. The topological polar surface area (TPSA) is 55.8 Å². The number of carboxylic acids is 1. The molecule has 2 rings (SSSR count). The number of benzene rings is 1. The average molecular weight is 260 g/mol. The van der Waals surface area contributed by atoms with Crippen LogP contribution in [0.4, 0.5) is 0 Å². The van der Waals surface area contributed by atoms with Crippen molar-refractivity contribution < 1.29 is 19.4 Å². The molecule has 0 fully saturated rings. The normalized spacial score (nSPS) is 15.3. The van der Waals surface area contributed by atoms with Crippen molar-refractivity contribution >= 4 is 11.5 Å². The van der Waals surface area contributed by atoms with Gasteiger partial charge in [0.2, 0.25) is 0 Å². The second kappa shape index (κ2) is 6.09. The van der Waals surface area contributed by atoms with Gasteiger partial charge in [0.15, 0.2) is 11.5 Å². The lowest BCUT2D eigenvalue weighted by Gasteiger charge is -2.09. The molecule has 0 aliphatic carbocycles. The zero-order chi connectivity index (χ0) is 13.7. The highest BCUT2D eigenvalue weighted by atomic mass is 16.5. The monoisotopic (exact) mass is 260 g/mol. The first-order valence-corrected chi connectivity index (χ1v) is 6.15. The summed E-state index contributed by atoms with van der Waals surface area (Å²) in [6, 6.07) is 5.74. The lowest BCUT2D eigenvalue weighted by atomic mass is 10.1. The molecule has 0 aromatic heterocycles. The second-order valence-electron chi connectivity index (χ2n) is 4.26. The van der Waals surface area contributed by atoms with Gasteiger partial charge in [0.05, 0.1) is 13.2 Å². The van der Waals surface area contributed by atoms with Crippen LogP contribution in [-0.4, -0.2) is 24.3 Å². The molecule has 0 unspecified atom stereocenters. The molecule has 0 radical (unpaired) electrons. The van der Waals surface area contributed by atoms with Gasteiger partial charge in [-0.1, -0.05) is 18.2 Å². The Morgan fingerprint density at radius 2 is 2.00 bits per heavy atom. The summed E-state index contributed by atoms with van der Waals surface area (Å²) >= 11 is 0. The van der Waals surface area contributed by atoms with Crippen LogP contribution in [0.5, 0.6) is 11.5 Å². The van der Waals surface area contributed by atoms with E-state index >= 15 is 0 Å². The Kier molecular flexibility index (Phi) is 4.23. The number of carbonyl (C=O) groups is 1. The van der Waals surface area contributed by atoms with E-state index in [-0.39, 0.29) is 0 Å². The van der Waals surface area contributed by atoms with E-state index in [4.69, 9.17) is 14.6 Å². The maximum absolute atomic E-state index is 10.4. The molecule has 1 heterocycles. The zero-order valence-electron chi connectivity index (χ0n) is 10.8. The molecule has 0 saturated carbocycles. The van der Waals surface area contributed by atoms with Gasteiger partial charge in [-0.25, -0.2) is 4.79 Å². The van der Waals surface area contributed by atoms with Crippen molar-refractivity contribution in [1.29, 1.82) is 0 Å². The Balaban J connectivity index is 2.21. The summed E-state index contributed by atoms with van der Waals surface area (Å²) in [7, 11) is 0. The van der Waals surface area contributed by atoms with E-state index < -0.39 is 5.97 Å². The Morgan fingerprint density at radius 1 is 1.26 bits per heavy atom. The molecular formula is C15H16O4. The standard InChI is InChI=1S/C15H16O4/c1-11(4-2-5-15(16)17)12-6-7-13-14(10-12)19-9-3-8-18-13/h2,4-7,10H,3,8-9H2,1H3,(H,16,17)/b5-2+,11-4+. The van der Waals surface area contributed by atoms with Crippen molar-refractivity contribution in [2.75, 3.05) is 13.2 Å². The summed E-state index contributed by atoms with van der Waals surface area (Å²) in [5.41, 5.74) is 1.95. The number of aliphatic carboxylic acids is 1. The van der Waals surface area contributed by atoms with Crippen LogP contribution in [0.15, 0.2) is 36.4 Å². The van der Waals surface area contributed by atoms with Gasteiger partial charge >= 0.3 is 5.97 Å². The van der Waals surface area contributed by atoms with Crippen molar-refractivity contribution in [1.82, 2.24) is 0 Å². The molecule has 100 valence electrons. The van der Waals surface area contributed by atoms with E-state index in [1.165, 1.54) is 6.08 Å². The molecule has 0 bridgehead atoms. The van der Waals surface area contributed by atoms with Crippen LogP contribution in [0.1, 0.15) is 18.9 Å². The van der Waals surface area contributed by atoms with Gasteiger partial charge in [0.1, 0.15) is 0 Å². The molecule has 1 aliphatic rings. The maximum atomic E-state index is 10.4. The first kappa shape index (κ1) is 13.2. The highest BCUT2D eigenvalue weighted by molar-refractivity contribution is 5.80. The second-order valence-corrected chi connectivity index (χ2v) is 4.26. The van der Waals surface area contributed by atoms with Gasteiger partial charge in [-0.05, 0) is 30.2 Å². The highest BCUT2D eigenvalue weighted by Crippen LogP contribution is 2.32. The van der Waals surface area contributed by atoms with Crippen LogP contribution >= 0.6 is 0 Å². The number of allylic oxidation sites excluding steroid dienone is 3. The Hall–Kier alpha value is -2.23. The van der Waals surface area contributed by atoms with E-state index in [9.17, 15) is 4.79 Å². The fraction of sp³-hybridized carbons (Fsp3) is 0.267. The van der Waals surface area contributed by atoms with Gasteiger partial charge < -0.3 is 14.6 Å². The number of fused-ring (bicyclic) bond motifs is 1. The fourth-order valence-electron chi connectivity index (χ4n) is 1.78. The van der Waals surface area contributed by atoms with Gasteiger partial charge in [0, 0.05) is 12.5 Å². The van der Waals surface area contributed by atoms with E-state index in [1.807, 2.05) is 25.1 Å². The smallest absolute Gasteiger partial charge is 0.328 e. The molecule has 0 spiro atoms. The third-order valence-corrected chi connectivity index (χ3v) is 2.79. The van der Waals surface area contributed by atoms with Crippen LogP contribution in [-0.2, 0) is 4.79 Å².